The molecule has 1 aromatic heterocycles. The molecule has 2 rings (SSSR count). The van der Waals surface area contributed by atoms with Crippen LogP contribution in [-0.4, -0.2) is 25.6 Å². The summed E-state index contributed by atoms with van der Waals surface area (Å²) in [6, 6.07) is 0. The van der Waals surface area contributed by atoms with Gasteiger partial charge in [0.1, 0.15) is 6.61 Å². The molecule has 1 saturated carbocycles. The summed E-state index contributed by atoms with van der Waals surface area (Å²) in [7, 11) is 1.92. The Bertz CT molecular complexity index is 346. The molecule has 0 atom stereocenters. The number of rotatable bonds is 4. The molecular formula is C12H21N3OS. The lowest BCUT2D eigenvalue weighted by Gasteiger charge is -2.12. The number of aliphatic hydroxyl groups excluding tert-OH is 1. The minimum absolute atomic E-state index is 0.0342. The zero-order valence-electron chi connectivity index (χ0n) is 10.4. The van der Waals surface area contributed by atoms with Crippen molar-refractivity contribution in [3.05, 3.63) is 5.82 Å². The Morgan fingerprint density at radius 1 is 1.24 bits per heavy atom. The molecule has 0 spiro atoms. The van der Waals surface area contributed by atoms with E-state index < -0.39 is 0 Å². The fraction of sp³-hybridized carbons (Fsp3) is 0.833. The molecule has 0 amide bonds. The lowest BCUT2D eigenvalue weighted by Crippen LogP contribution is -2.04. The lowest BCUT2D eigenvalue weighted by atomic mass is 10.0. The van der Waals surface area contributed by atoms with E-state index in [1.165, 1.54) is 38.5 Å². The Morgan fingerprint density at radius 3 is 2.53 bits per heavy atom. The molecule has 1 heterocycles. The van der Waals surface area contributed by atoms with Gasteiger partial charge in [0.25, 0.3) is 0 Å². The van der Waals surface area contributed by atoms with Crippen LogP contribution >= 0.6 is 11.8 Å². The Hall–Kier alpha value is -0.550. The van der Waals surface area contributed by atoms with Gasteiger partial charge in [0.2, 0.25) is 0 Å². The molecular weight excluding hydrogens is 234 g/mol. The molecule has 96 valence electrons. The van der Waals surface area contributed by atoms with Crippen LogP contribution in [0.25, 0.3) is 0 Å². The predicted octanol–water partition coefficient (Wildman–Crippen LogP) is 2.37. The van der Waals surface area contributed by atoms with Gasteiger partial charge >= 0.3 is 0 Å². The summed E-state index contributed by atoms with van der Waals surface area (Å²) in [5.41, 5.74) is 0. The number of nitrogens with zero attached hydrogens (tertiary/aromatic N) is 3. The first kappa shape index (κ1) is 12.9. The van der Waals surface area contributed by atoms with E-state index in [1.807, 2.05) is 11.6 Å². The van der Waals surface area contributed by atoms with Gasteiger partial charge in [-0.05, 0) is 18.8 Å². The van der Waals surface area contributed by atoms with E-state index in [-0.39, 0.29) is 6.61 Å². The van der Waals surface area contributed by atoms with Crippen molar-refractivity contribution in [3.8, 4) is 0 Å². The maximum atomic E-state index is 9.05. The number of hydrogen-bond acceptors (Lipinski definition) is 4. The molecule has 0 bridgehead atoms. The highest BCUT2D eigenvalue weighted by molar-refractivity contribution is 7.99. The molecule has 1 fully saturated rings. The molecule has 4 nitrogen and oxygen atoms in total. The third-order valence-electron chi connectivity index (χ3n) is 3.49. The first-order valence-corrected chi connectivity index (χ1v) is 7.41. The number of aliphatic hydroxyl groups is 1. The summed E-state index contributed by atoms with van der Waals surface area (Å²) in [6.07, 6.45) is 8.28. The van der Waals surface area contributed by atoms with Crippen LogP contribution in [-0.2, 0) is 13.7 Å². The van der Waals surface area contributed by atoms with Crippen molar-refractivity contribution in [3.63, 3.8) is 0 Å². The summed E-state index contributed by atoms with van der Waals surface area (Å²) in [6.45, 7) is -0.0342. The first-order chi connectivity index (χ1) is 8.31. The smallest absolute Gasteiger partial charge is 0.191 e. The van der Waals surface area contributed by atoms with Crippen molar-refractivity contribution < 1.29 is 5.11 Å². The van der Waals surface area contributed by atoms with E-state index in [0.29, 0.717) is 5.82 Å². The molecule has 1 aliphatic rings. The second-order valence-electron chi connectivity index (χ2n) is 4.78. The highest BCUT2D eigenvalue weighted by Gasteiger charge is 2.15. The molecule has 0 saturated heterocycles. The lowest BCUT2D eigenvalue weighted by molar-refractivity contribution is 0.266. The van der Waals surface area contributed by atoms with E-state index in [0.717, 1.165) is 16.8 Å². The molecule has 1 aliphatic carbocycles. The fourth-order valence-electron chi connectivity index (χ4n) is 2.33. The molecule has 0 aliphatic heterocycles. The quantitative estimate of drug-likeness (QED) is 0.663. The summed E-state index contributed by atoms with van der Waals surface area (Å²) in [5, 5.41) is 18.1. The molecule has 17 heavy (non-hydrogen) atoms. The third kappa shape index (κ3) is 3.45. The fourth-order valence-corrected chi connectivity index (χ4v) is 3.45. The Morgan fingerprint density at radius 2 is 1.94 bits per heavy atom. The second kappa shape index (κ2) is 6.40. The maximum Gasteiger partial charge on any atom is 0.191 e. The molecule has 0 radical (unpaired) electrons. The SMILES string of the molecule is Cn1c(CO)nnc1SCC1CCCCCC1. The van der Waals surface area contributed by atoms with Crippen LogP contribution in [0.4, 0.5) is 0 Å². The number of aromatic nitrogens is 3. The Labute approximate surface area is 107 Å². The van der Waals surface area contributed by atoms with Gasteiger partial charge in [0.15, 0.2) is 11.0 Å². The Kier molecular flexibility index (Phi) is 4.86. The van der Waals surface area contributed by atoms with Gasteiger partial charge in [-0.25, -0.2) is 0 Å². The third-order valence-corrected chi connectivity index (χ3v) is 4.74. The average molecular weight is 255 g/mol. The highest BCUT2D eigenvalue weighted by Crippen LogP contribution is 2.28. The predicted molar refractivity (Wildman–Crippen MR) is 68.8 cm³/mol. The maximum absolute atomic E-state index is 9.05. The monoisotopic (exact) mass is 255 g/mol. The summed E-state index contributed by atoms with van der Waals surface area (Å²) in [5.74, 6) is 2.61. The van der Waals surface area contributed by atoms with Gasteiger partial charge < -0.3 is 9.67 Å². The van der Waals surface area contributed by atoms with E-state index in [2.05, 4.69) is 10.2 Å². The number of thioether (sulfide) groups is 1. The van der Waals surface area contributed by atoms with Crippen LogP contribution in [0.5, 0.6) is 0 Å². The molecule has 1 N–H and O–H groups in total. The van der Waals surface area contributed by atoms with Gasteiger partial charge in [-0.15, -0.1) is 10.2 Å². The van der Waals surface area contributed by atoms with Crippen LogP contribution in [0, 0.1) is 5.92 Å². The highest BCUT2D eigenvalue weighted by atomic mass is 32.2. The van der Waals surface area contributed by atoms with Gasteiger partial charge in [-0.1, -0.05) is 37.4 Å². The molecule has 5 heteroatoms. The topological polar surface area (TPSA) is 50.9 Å². The molecule has 0 unspecified atom stereocenters. The van der Waals surface area contributed by atoms with Crippen LogP contribution in [0.2, 0.25) is 0 Å². The van der Waals surface area contributed by atoms with Crippen LogP contribution in [0.1, 0.15) is 44.3 Å². The molecule has 0 aromatic carbocycles. The van der Waals surface area contributed by atoms with Crippen LogP contribution in [0.3, 0.4) is 0 Å². The van der Waals surface area contributed by atoms with Crippen LogP contribution < -0.4 is 0 Å². The van der Waals surface area contributed by atoms with Gasteiger partial charge in [-0.2, -0.15) is 0 Å². The van der Waals surface area contributed by atoms with Crippen molar-refractivity contribution in [2.24, 2.45) is 13.0 Å². The largest absolute Gasteiger partial charge is 0.388 e. The Balaban J connectivity index is 1.85. The van der Waals surface area contributed by atoms with Gasteiger partial charge in [-0.3, -0.25) is 0 Å². The minimum Gasteiger partial charge on any atom is -0.388 e. The minimum atomic E-state index is -0.0342. The van der Waals surface area contributed by atoms with Crippen molar-refractivity contribution in [1.29, 1.82) is 0 Å². The zero-order chi connectivity index (χ0) is 12.1. The summed E-state index contributed by atoms with van der Waals surface area (Å²) >= 11 is 1.78. The van der Waals surface area contributed by atoms with E-state index in [4.69, 9.17) is 5.11 Å². The second-order valence-corrected chi connectivity index (χ2v) is 5.77. The number of hydrogen-bond donors (Lipinski definition) is 1. The van der Waals surface area contributed by atoms with Gasteiger partial charge in [0, 0.05) is 12.8 Å². The zero-order valence-corrected chi connectivity index (χ0v) is 11.2. The summed E-state index contributed by atoms with van der Waals surface area (Å²) < 4.78 is 1.89. The summed E-state index contributed by atoms with van der Waals surface area (Å²) in [4.78, 5) is 0. The van der Waals surface area contributed by atoms with Crippen LogP contribution in [0.15, 0.2) is 5.16 Å². The molecule has 1 aromatic rings. The van der Waals surface area contributed by atoms with Crippen molar-refractivity contribution >= 4 is 11.8 Å². The van der Waals surface area contributed by atoms with E-state index in [9.17, 15) is 0 Å². The van der Waals surface area contributed by atoms with E-state index in [1.54, 1.807) is 11.8 Å². The normalized spacial score (nSPS) is 18.2. The van der Waals surface area contributed by atoms with Crippen molar-refractivity contribution in [1.82, 2.24) is 14.8 Å². The van der Waals surface area contributed by atoms with E-state index >= 15 is 0 Å². The van der Waals surface area contributed by atoms with Crippen molar-refractivity contribution in [2.75, 3.05) is 5.75 Å². The standard InChI is InChI=1S/C12H21N3OS/c1-15-11(8-16)13-14-12(15)17-9-10-6-4-2-3-5-7-10/h10,16H,2-9H2,1H3. The first-order valence-electron chi connectivity index (χ1n) is 6.43. The van der Waals surface area contributed by atoms with Gasteiger partial charge in [0.05, 0.1) is 0 Å². The van der Waals surface area contributed by atoms with Crippen molar-refractivity contribution in [2.45, 2.75) is 50.3 Å². The average Bonchev–Trinajstić information content (AvgIpc) is 2.56.